The molecule has 1 fully saturated rings. The van der Waals surface area contributed by atoms with Crippen LogP contribution in [0.15, 0.2) is 12.1 Å². The van der Waals surface area contributed by atoms with Crippen molar-refractivity contribution in [1.82, 2.24) is 0 Å². The van der Waals surface area contributed by atoms with Crippen molar-refractivity contribution in [2.75, 3.05) is 6.54 Å². The predicted molar refractivity (Wildman–Crippen MR) is 67.1 cm³/mol. The first-order valence-corrected chi connectivity index (χ1v) is 6.16. The Kier molecular flexibility index (Phi) is 3.13. The minimum Gasteiger partial charge on any atom is -0.506 e. The van der Waals surface area contributed by atoms with E-state index >= 15 is 0 Å². The maximum atomic E-state index is 9.56. The lowest BCUT2D eigenvalue weighted by molar-refractivity contribution is 0.446. The van der Waals surface area contributed by atoms with Gasteiger partial charge in [0.05, 0.1) is 5.02 Å². The van der Waals surface area contributed by atoms with Gasteiger partial charge in [0.1, 0.15) is 5.75 Å². The third-order valence-corrected chi connectivity index (χ3v) is 4.12. The van der Waals surface area contributed by atoms with Crippen LogP contribution in [0.1, 0.15) is 36.8 Å². The number of aromatic hydroxyl groups is 1. The molecule has 2 rings (SSSR count). The summed E-state index contributed by atoms with van der Waals surface area (Å²) < 4.78 is 0. The Hall–Kier alpha value is -0.730. The highest BCUT2D eigenvalue weighted by Crippen LogP contribution is 2.43. The maximum absolute atomic E-state index is 9.56. The fraction of sp³-hybridized carbons (Fsp3) is 0.538. The Morgan fingerprint density at radius 2 is 2.00 bits per heavy atom. The SMILES string of the molecule is Cc1cc(O)c(Cl)cc1C1(CN)CCCC1. The lowest BCUT2D eigenvalue weighted by atomic mass is 9.77. The normalized spacial score (nSPS) is 18.9. The number of hydrogen-bond donors (Lipinski definition) is 2. The largest absolute Gasteiger partial charge is 0.506 e. The Morgan fingerprint density at radius 1 is 1.38 bits per heavy atom. The number of halogens is 1. The highest BCUT2D eigenvalue weighted by Gasteiger charge is 2.35. The number of phenols is 1. The first kappa shape index (κ1) is 11.7. The van der Waals surface area contributed by atoms with Crippen molar-refractivity contribution in [3.63, 3.8) is 0 Å². The van der Waals surface area contributed by atoms with Gasteiger partial charge in [-0.05, 0) is 43.0 Å². The molecule has 0 radical (unpaired) electrons. The van der Waals surface area contributed by atoms with E-state index in [1.807, 2.05) is 13.0 Å². The Labute approximate surface area is 101 Å². The smallest absolute Gasteiger partial charge is 0.134 e. The number of phenolic OH excluding ortho intramolecular Hbond substituents is 1. The quantitative estimate of drug-likeness (QED) is 0.833. The molecule has 1 saturated carbocycles. The van der Waals surface area contributed by atoms with Gasteiger partial charge < -0.3 is 10.8 Å². The molecule has 0 atom stereocenters. The molecule has 2 nitrogen and oxygen atoms in total. The summed E-state index contributed by atoms with van der Waals surface area (Å²) in [6, 6.07) is 3.64. The van der Waals surface area contributed by atoms with Gasteiger partial charge in [-0.2, -0.15) is 0 Å². The summed E-state index contributed by atoms with van der Waals surface area (Å²) in [4.78, 5) is 0. The molecule has 0 unspecified atom stereocenters. The monoisotopic (exact) mass is 239 g/mol. The third-order valence-electron chi connectivity index (χ3n) is 3.82. The maximum Gasteiger partial charge on any atom is 0.134 e. The average molecular weight is 240 g/mol. The van der Waals surface area contributed by atoms with Crippen molar-refractivity contribution >= 4 is 11.6 Å². The van der Waals surface area contributed by atoms with E-state index in [1.165, 1.54) is 18.4 Å². The molecule has 0 saturated heterocycles. The van der Waals surface area contributed by atoms with E-state index in [1.54, 1.807) is 6.07 Å². The average Bonchev–Trinajstić information content (AvgIpc) is 2.73. The van der Waals surface area contributed by atoms with Gasteiger partial charge in [-0.3, -0.25) is 0 Å². The molecule has 1 aliphatic carbocycles. The fourth-order valence-corrected chi connectivity index (χ4v) is 3.04. The van der Waals surface area contributed by atoms with E-state index < -0.39 is 0 Å². The van der Waals surface area contributed by atoms with Crippen LogP contribution in [0.2, 0.25) is 5.02 Å². The molecular weight excluding hydrogens is 222 g/mol. The van der Waals surface area contributed by atoms with Crippen molar-refractivity contribution in [3.8, 4) is 5.75 Å². The molecule has 0 spiro atoms. The number of aryl methyl sites for hydroxylation is 1. The van der Waals surface area contributed by atoms with Crippen LogP contribution in [0.3, 0.4) is 0 Å². The van der Waals surface area contributed by atoms with Crippen LogP contribution in [0, 0.1) is 6.92 Å². The summed E-state index contributed by atoms with van der Waals surface area (Å²) in [5.74, 6) is 0.160. The van der Waals surface area contributed by atoms with Crippen LogP contribution in [-0.4, -0.2) is 11.7 Å². The lowest BCUT2D eigenvalue weighted by Gasteiger charge is -2.30. The molecule has 0 amide bonds. The molecule has 1 aromatic rings. The van der Waals surface area contributed by atoms with Crippen molar-refractivity contribution < 1.29 is 5.11 Å². The summed E-state index contributed by atoms with van der Waals surface area (Å²) >= 11 is 5.99. The Bertz CT molecular complexity index is 397. The van der Waals surface area contributed by atoms with E-state index in [2.05, 4.69) is 0 Å². The first-order valence-electron chi connectivity index (χ1n) is 5.79. The van der Waals surface area contributed by atoms with Crippen LogP contribution in [0.4, 0.5) is 0 Å². The molecule has 0 heterocycles. The number of hydrogen-bond acceptors (Lipinski definition) is 2. The third kappa shape index (κ3) is 1.80. The molecule has 16 heavy (non-hydrogen) atoms. The zero-order chi connectivity index (χ0) is 11.8. The molecule has 1 aromatic carbocycles. The minimum atomic E-state index is 0.0847. The summed E-state index contributed by atoms with van der Waals surface area (Å²) in [6.45, 7) is 2.68. The molecule has 0 aromatic heterocycles. The summed E-state index contributed by atoms with van der Waals surface area (Å²) in [5, 5.41) is 9.99. The molecule has 0 aliphatic heterocycles. The highest BCUT2D eigenvalue weighted by atomic mass is 35.5. The van der Waals surface area contributed by atoms with E-state index in [0.29, 0.717) is 11.6 Å². The summed E-state index contributed by atoms with van der Waals surface area (Å²) in [7, 11) is 0. The van der Waals surface area contributed by atoms with Crippen LogP contribution in [0.25, 0.3) is 0 Å². The summed E-state index contributed by atoms with van der Waals surface area (Å²) in [5.41, 5.74) is 8.35. The number of rotatable bonds is 2. The second-order valence-corrected chi connectivity index (χ2v) is 5.22. The van der Waals surface area contributed by atoms with Gasteiger partial charge in [-0.25, -0.2) is 0 Å². The first-order chi connectivity index (χ1) is 7.59. The predicted octanol–water partition coefficient (Wildman–Crippen LogP) is 3.12. The van der Waals surface area contributed by atoms with E-state index in [4.69, 9.17) is 17.3 Å². The van der Waals surface area contributed by atoms with Crippen LogP contribution < -0.4 is 5.73 Å². The van der Waals surface area contributed by atoms with Gasteiger partial charge in [0.2, 0.25) is 0 Å². The van der Waals surface area contributed by atoms with Gasteiger partial charge >= 0.3 is 0 Å². The lowest BCUT2D eigenvalue weighted by Crippen LogP contribution is -2.32. The molecule has 0 bridgehead atoms. The Balaban J connectivity index is 2.50. The molecule has 1 aliphatic rings. The van der Waals surface area contributed by atoms with Gasteiger partial charge in [-0.1, -0.05) is 24.4 Å². The van der Waals surface area contributed by atoms with Gasteiger partial charge in [0, 0.05) is 12.0 Å². The fourth-order valence-electron chi connectivity index (χ4n) is 2.87. The standard InChI is InChI=1S/C13H18ClNO/c1-9-6-12(16)11(14)7-10(9)13(8-15)4-2-3-5-13/h6-7,16H,2-5,8,15H2,1H3. The summed E-state index contributed by atoms with van der Waals surface area (Å²) in [6.07, 6.45) is 4.72. The zero-order valence-corrected chi connectivity index (χ0v) is 10.3. The van der Waals surface area contributed by atoms with Crippen LogP contribution >= 0.6 is 11.6 Å². The topological polar surface area (TPSA) is 46.2 Å². The van der Waals surface area contributed by atoms with E-state index in [-0.39, 0.29) is 11.2 Å². The molecular formula is C13H18ClNO. The molecule has 3 heteroatoms. The molecule has 3 N–H and O–H groups in total. The van der Waals surface area contributed by atoms with Gasteiger partial charge in [0.15, 0.2) is 0 Å². The molecule has 88 valence electrons. The highest BCUT2D eigenvalue weighted by molar-refractivity contribution is 6.32. The number of benzene rings is 1. The van der Waals surface area contributed by atoms with Crippen molar-refractivity contribution in [3.05, 3.63) is 28.3 Å². The van der Waals surface area contributed by atoms with Crippen molar-refractivity contribution in [2.24, 2.45) is 5.73 Å². The van der Waals surface area contributed by atoms with Crippen molar-refractivity contribution in [1.29, 1.82) is 0 Å². The van der Waals surface area contributed by atoms with Crippen molar-refractivity contribution in [2.45, 2.75) is 38.0 Å². The second kappa shape index (κ2) is 4.27. The van der Waals surface area contributed by atoms with E-state index in [0.717, 1.165) is 18.4 Å². The number of nitrogens with two attached hydrogens (primary N) is 1. The Morgan fingerprint density at radius 3 is 2.56 bits per heavy atom. The van der Waals surface area contributed by atoms with Gasteiger partial charge in [-0.15, -0.1) is 0 Å². The minimum absolute atomic E-state index is 0.0847. The zero-order valence-electron chi connectivity index (χ0n) is 9.59. The van der Waals surface area contributed by atoms with E-state index in [9.17, 15) is 5.11 Å². The second-order valence-electron chi connectivity index (χ2n) is 4.81. The van der Waals surface area contributed by atoms with Crippen LogP contribution in [0.5, 0.6) is 5.75 Å². The van der Waals surface area contributed by atoms with Crippen LogP contribution in [-0.2, 0) is 5.41 Å². The van der Waals surface area contributed by atoms with Gasteiger partial charge in [0.25, 0.3) is 0 Å².